The number of hydrogen-bond donors (Lipinski definition) is 3. The number of aromatic nitrogens is 1. The maximum absolute atomic E-state index is 11.7. The standard InChI is InChI=1S/C16H16N2O5/c19-14(12-8-4-5-9-17-12)13(15(20)21)18-16(22)23-10-11-6-2-1-3-7-11/h1-9,13-14,19H,10H2,(H,18,22)(H,20,21)/t13-,14+/m0/s1. The van der Waals surface area contributed by atoms with Gasteiger partial charge in [-0.2, -0.15) is 0 Å². The van der Waals surface area contributed by atoms with Gasteiger partial charge in [0.2, 0.25) is 0 Å². The number of carbonyl (C=O) groups excluding carboxylic acids is 1. The molecule has 7 heteroatoms. The molecule has 23 heavy (non-hydrogen) atoms. The number of aliphatic hydroxyl groups is 1. The molecule has 2 aromatic rings. The zero-order valence-electron chi connectivity index (χ0n) is 12.1. The van der Waals surface area contributed by atoms with E-state index in [-0.39, 0.29) is 12.3 Å². The molecule has 0 saturated carbocycles. The van der Waals surface area contributed by atoms with Gasteiger partial charge in [-0.1, -0.05) is 36.4 Å². The molecule has 0 aliphatic rings. The van der Waals surface area contributed by atoms with Crippen molar-refractivity contribution in [1.82, 2.24) is 10.3 Å². The molecule has 1 aromatic heterocycles. The highest BCUT2D eigenvalue weighted by atomic mass is 16.5. The summed E-state index contributed by atoms with van der Waals surface area (Å²) in [5.74, 6) is -1.39. The van der Waals surface area contributed by atoms with E-state index in [2.05, 4.69) is 10.3 Å². The molecule has 0 saturated heterocycles. The number of hydrogen-bond acceptors (Lipinski definition) is 5. The van der Waals surface area contributed by atoms with Crippen LogP contribution in [0.4, 0.5) is 4.79 Å². The number of nitrogens with zero attached hydrogens (tertiary/aromatic N) is 1. The van der Waals surface area contributed by atoms with Gasteiger partial charge in [0.1, 0.15) is 12.7 Å². The third-order valence-corrected chi connectivity index (χ3v) is 3.06. The number of aliphatic carboxylic acids is 1. The molecule has 0 spiro atoms. The quantitative estimate of drug-likeness (QED) is 0.745. The second-order valence-electron chi connectivity index (χ2n) is 4.72. The van der Waals surface area contributed by atoms with Gasteiger partial charge in [-0.3, -0.25) is 4.98 Å². The van der Waals surface area contributed by atoms with E-state index in [0.29, 0.717) is 0 Å². The topological polar surface area (TPSA) is 109 Å². The third kappa shape index (κ3) is 4.79. The normalized spacial score (nSPS) is 12.9. The maximum atomic E-state index is 11.7. The smallest absolute Gasteiger partial charge is 0.408 e. The fourth-order valence-electron chi connectivity index (χ4n) is 1.89. The lowest BCUT2D eigenvalue weighted by atomic mass is 10.1. The van der Waals surface area contributed by atoms with E-state index in [4.69, 9.17) is 4.74 Å². The molecular formula is C16H16N2O5. The fraction of sp³-hybridized carbons (Fsp3) is 0.188. The number of nitrogens with one attached hydrogen (secondary N) is 1. The summed E-state index contributed by atoms with van der Waals surface area (Å²) in [6.45, 7) is -0.00130. The van der Waals surface area contributed by atoms with Gasteiger partial charge < -0.3 is 20.3 Å². The second kappa shape index (κ2) is 7.90. The summed E-state index contributed by atoms with van der Waals surface area (Å²) in [5, 5.41) is 21.4. The number of aliphatic hydroxyl groups excluding tert-OH is 1. The largest absolute Gasteiger partial charge is 0.480 e. The van der Waals surface area contributed by atoms with Crippen LogP contribution in [0.25, 0.3) is 0 Å². The van der Waals surface area contributed by atoms with Crippen molar-refractivity contribution in [3.8, 4) is 0 Å². The maximum Gasteiger partial charge on any atom is 0.408 e. The molecule has 120 valence electrons. The second-order valence-corrected chi connectivity index (χ2v) is 4.72. The number of amides is 1. The molecule has 3 N–H and O–H groups in total. The molecule has 0 radical (unpaired) electrons. The van der Waals surface area contributed by atoms with Crippen molar-refractivity contribution in [2.75, 3.05) is 0 Å². The molecule has 0 fully saturated rings. The minimum atomic E-state index is -1.56. The van der Waals surface area contributed by atoms with Crippen LogP contribution >= 0.6 is 0 Å². The van der Waals surface area contributed by atoms with E-state index in [1.165, 1.54) is 12.3 Å². The molecule has 1 amide bonds. The van der Waals surface area contributed by atoms with Gasteiger partial charge in [0, 0.05) is 6.20 Å². The molecule has 0 bridgehead atoms. The van der Waals surface area contributed by atoms with Gasteiger partial charge in [0.15, 0.2) is 6.04 Å². The van der Waals surface area contributed by atoms with Crippen molar-refractivity contribution in [2.24, 2.45) is 0 Å². The first-order valence-corrected chi connectivity index (χ1v) is 6.87. The Balaban J connectivity index is 1.96. The Morgan fingerprint density at radius 3 is 2.43 bits per heavy atom. The van der Waals surface area contributed by atoms with Crippen molar-refractivity contribution < 1.29 is 24.5 Å². The first-order valence-electron chi connectivity index (χ1n) is 6.87. The summed E-state index contributed by atoms with van der Waals surface area (Å²) in [6.07, 6.45) is -1.00. The van der Waals surface area contributed by atoms with Crippen LogP contribution in [0, 0.1) is 0 Å². The lowest BCUT2D eigenvalue weighted by Crippen LogP contribution is -2.45. The number of pyridine rings is 1. The highest BCUT2D eigenvalue weighted by Gasteiger charge is 2.30. The number of carboxylic acids is 1. The highest BCUT2D eigenvalue weighted by molar-refractivity contribution is 5.80. The van der Waals surface area contributed by atoms with Gasteiger partial charge >= 0.3 is 12.1 Å². The highest BCUT2D eigenvalue weighted by Crippen LogP contribution is 2.14. The van der Waals surface area contributed by atoms with E-state index in [1.54, 1.807) is 36.4 Å². The van der Waals surface area contributed by atoms with Crippen molar-refractivity contribution in [1.29, 1.82) is 0 Å². The third-order valence-electron chi connectivity index (χ3n) is 3.06. The molecule has 2 atom stereocenters. The molecule has 2 rings (SSSR count). The summed E-state index contributed by atoms with van der Waals surface area (Å²) in [6, 6.07) is 12.1. The Kier molecular flexibility index (Phi) is 5.65. The number of ether oxygens (including phenoxy) is 1. The van der Waals surface area contributed by atoms with Crippen LogP contribution in [0.2, 0.25) is 0 Å². The summed E-state index contributed by atoms with van der Waals surface area (Å²) in [4.78, 5) is 26.9. The molecule has 1 heterocycles. The summed E-state index contributed by atoms with van der Waals surface area (Å²) < 4.78 is 4.95. The van der Waals surface area contributed by atoms with Crippen molar-refractivity contribution in [3.63, 3.8) is 0 Å². The van der Waals surface area contributed by atoms with Gasteiger partial charge in [0.05, 0.1) is 5.69 Å². The van der Waals surface area contributed by atoms with E-state index in [0.717, 1.165) is 5.56 Å². The van der Waals surface area contributed by atoms with Crippen molar-refractivity contribution in [2.45, 2.75) is 18.8 Å². The van der Waals surface area contributed by atoms with Gasteiger partial charge in [0.25, 0.3) is 0 Å². The molecule has 0 aliphatic heterocycles. The van der Waals surface area contributed by atoms with Crippen LogP contribution in [0.1, 0.15) is 17.4 Å². The van der Waals surface area contributed by atoms with Gasteiger partial charge in [-0.05, 0) is 17.7 Å². The van der Waals surface area contributed by atoms with Crippen LogP contribution in [0.15, 0.2) is 54.7 Å². The lowest BCUT2D eigenvalue weighted by molar-refractivity contribution is -0.142. The summed E-state index contributed by atoms with van der Waals surface area (Å²) in [5.41, 5.74) is 0.906. The fourth-order valence-corrected chi connectivity index (χ4v) is 1.89. The van der Waals surface area contributed by atoms with E-state index in [1.807, 2.05) is 6.07 Å². The Hall–Kier alpha value is -2.93. The molecular weight excluding hydrogens is 300 g/mol. The molecule has 0 unspecified atom stereocenters. The minimum Gasteiger partial charge on any atom is -0.480 e. The van der Waals surface area contributed by atoms with Crippen molar-refractivity contribution in [3.05, 3.63) is 66.0 Å². The number of rotatable bonds is 6. The van der Waals surface area contributed by atoms with Crippen LogP contribution < -0.4 is 5.32 Å². The van der Waals surface area contributed by atoms with E-state index >= 15 is 0 Å². The summed E-state index contributed by atoms with van der Waals surface area (Å²) in [7, 11) is 0. The Labute approximate surface area is 132 Å². The SMILES string of the molecule is O=C(N[C@H](C(=O)O)[C@H](O)c1ccccn1)OCc1ccccc1. The molecule has 0 aliphatic carbocycles. The van der Waals surface area contributed by atoms with Crippen LogP contribution in [0.3, 0.4) is 0 Å². The molecule has 7 nitrogen and oxygen atoms in total. The first-order chi connectivity index (χ1) is 11.1. The lowest BCUT2D eigenvalue weighted by Gasteiger charge is -2.19. The molecule has 1 aromatic carbocycles. The van der Waals surface area contributed by atoms with Crippen LogP contribution in [-0.4, -0.2) is 33.3 Å². The minimum absolute atomic E-state index is 0.00130. The number of carboxylic acid groups (broad SMARTS) is 1. The van der Waals surface area contributed by atoms with E-state index in [9.17, 15) is 19.8 Å². The zero-order valence-corrected chi connectivity index (χ0v) is 12.1. The monoisotopic (exact) mass is 316 g/mol. The van der Waals surface area contributed by atoms with Crippen LogP contribution in [-0.2, 0) is 16.1 Å². The number of benzene rings is 1. The average molecular weight is 316 g/mol. The summed E-state index contributed by atoms with van der Waals surface area (Å²) >= 11 is 0. The first kappa shape index (κ1) is 16.4. The Morgan fingerprint density at radius 2 is 1.83 bits per heavy atom. The predicted molar refractivity (Wildman–Crippen MR) is 80.4 cm³/mol. The van der Waals surface area contributed by atoms with Crippen molar-refractivity contribution >= 4 is 12.1 Å². The average Bonchev–Trinajstić information content (AvgIpc) is 2.58. The predicted octanol–water partition coefficient (Wildman–Crippen LogP) is 1.49. The van der Waals surface area contributed by atoms with Gasteiger partial charge in [-0.25, -0.2) is 9.59 Å². The van der Waals surface area contributed by atoms with Gasteiger partial charge in [-0.15, -0.1) is 0 Å². The number of alkyl carbamates (subject to hydrolysis) is 1. The number of carbonyl (C=O) groups is 2. The van der Waals surface area contributed by atoms with Crippen LogP contribution in [0.5, 0.6) is 0 Å². The zero-order chi connectivity index (χ0) is 16.7. The Bertz CT molecular complexity index is 648. The Morgan fingerprint density at radius 1 is 1.13 bits per heavy atom. The van der Waals surface area contributed by atoms with E-state index < -0.39 is 24.2 Å².